The summed E-state index contributed by atoms with van der Waals surface area (Å²) in [5.74, 6) is 2.54. The number of rotatable bonds is 3. The quantitative estimate of drug-likeness (QED) is 0.514. The van der Waals surface area contributed by atoms with Crippen LogP contribution in [-0.2, 0) is 6.54 Å². The van der Waals surface area contributed by atoms with Crippen LogP contribution in [0.3, 0.4) is 0 Å². The van der Waals surface area contributed by atoms with Crippen LogP contribution in [0.15, 0.2) is 0 Å². The van der Waals surface area contributed by atoms with Gasteiger partial charge in [0.25, 0.3) is 0 Å². The Morgan fingerprint density at radius 1 is 1.62 bits per heavy atom. The Balaban J connectivity index is 2.98. The van der Waals surface area contributed by atoms with E-state index in [1.807, 2.05) is 13.8 Å². The Kier molecular flexibility index (Phi) is 2.86. The van der Waals surface area contributed by atoms with Gasteiger partial charge in [-0.3, -0.25) is 9.48 Å². The number of hydrogen-bond donors (Lipinski definition) is 0. The molecule has 0 amide bonds. The van der Waals surface area contributed by atoms with Gasteiger partial charge >= 0.3 is 0 Å². The highest BCUT2D eigenvalue weighted by Crippen LogP contribution is 2.10. The van der Waals surface area contributed by atoms with Crippen molar-refractivity contribution in [3.63, 3.8) is 0 Å². The molecular weight excluding hydrogens is 164 g/mol. The zero-order valence-electron chi connectivity index (χ0n) is 7.87. The molecule has 0 saturated carbocycles. The van der Waals surface area contributed by atoms with E-state index >= 15 is 0 Å². The summed E-state index contributed by atoms with van der Waals surface area (Å²) in [6.07, 6.45) is 6.62. The summed E-state index contributed by atoms with van der Waals surface area (Å²) in [7, 11) is 0. The molecule has 0 N–H and O–H groups in total. The van der Waals surface area contributed by atoms with Gasteiger partial charge in [0.2, 0.25) is 0 Å². The van der Waals surface area contributed by atoms with Crippen LogP contribution < -0.4 is 0 Å². The summed E-state index contributed by atoms with van der Waals surface area (Å²) < 4.78 is 1.78. The topological polar surface area (TPSA) is 34.9 Å². The van der Waals surface area contributed by atoms with Crippen LogP contribution in [0.25, 0.3) is 0 Å². The Morgan fingerprint density at radius 3 is 2.77 bits per heavy atom. The third kappa shape index (κ3) is 1.78. The molecule has 0 atom stereocenters. The van der Waals surface area contributed by atoms with E-state index in [1.165, 1.54) is 0 Å². The normalized spacial score (nSPS) is 9.62. The predicted molar refractivity (Wildman–Crippen MR) is 50.5 cm³/mol. The van der Waals surface area contributed by atoms with Gasteiger partial charge in [-0.05, 0) is 13.8 Å². The highest BCUT2D eigenvalue weighted by molar-refractivity contribution is 5.77. The fraction of sp³-hybridized carbons (Fsp3) is 0.400. The number of hydrogen-bond acceptors (Lipinski definition) is 2. The lowest BCUT2D eigenvalue weighted by atomic mass is 10.2. The molecule has 0 aliphatic carbocycles. The van der Waals surface area contributed by atoms with E-state index in [2.05, 4.69) is 11.0 Å². The maximum Gasteiger partial charge on any atom is 0.153 e. The van der Waals surface area contributed by atoms with E-state index in [4.69, 9.17) is 6.42 Å². The van der Waals surface area contributed by atoms with Gasteiger partial charge < -0.3 is 0 Å². The third-order valence-corrected chi connectivity index (χ3v) is 2.02. The molecule has 0 spiro atoms. The minimum absolute atomic E-state index is 0.639. The molecule has 0 aliphatic heterocycles. The van der Waals surface area contributed by atoms with Gasteiger partial charge in [0.15, 0.2) is 6.29 Å². The molecular formula is C10H12N2O. The van der Waals surface area contributed by atoms with E-state index in [9.17, 15) is 4.79 Å². The van der Waals surface area contributed by atoms with E-state index in [1.54, 1.807) is 4.68 Å². The molecule has 1 aromatic rings. The van der Waals surface area contributed by atoms with Crippen LogP contribution >= 0.6 is 0 Å². The second kappa shape index (κ2) is 3.90. The molecule has 0 aliphatic rings. The third-order valence-electron chi connectivity index (χ3n) is 2.02. The number of carbonyl (C=O) groups excluding carboxylic acids is 1. The Hall–Kier alpha value is -1.56. The highest BCUT2D eigenvalue weighted by atomic mass is 16.1. The molecule has 0 aromatic carbocycles. The van der Waals surface area contributed by atoms with Crippen molar-refractivity contribution in [3.8, 4) is 12.3 Å². The SMILES string of the molecule is C#CCCn1nc(C)c(C=O)c1C. The zero-order valence-corrected chi connectivity index (χ0v) is 7.87. The largest absolute Gasteiger partial charge is 0.298 e. The van der Waals surface area contributed by atoms with Gasteiger partial charge in [-0.15, -0.1) is 12.3 Å². The lowest BCUT2D eigenvalue weighted by molar-refractivity contribution is 0.112. The average Bonchev–Trinajstić information content (AvgIpc) is 2.38. The molecule has 0 saturated heterocycles. The van der Waals surface area contributed by atoms with Gasteiger partial charge in [-0.25, -0.2) is 0 Å². The first-order valence-electron chi connectivity index (χ1n) is 4.13. The van der Waals surface area contributed by atoms with Crippen LogP contribution in [0, 0.1) is 26.2 Å². The van der Waals surface area contributed by atoms with Crippen molar-refractivity contribution >= 4 is 6.29 Å². The molecule has 0 fully saturated rings. The summed E-state index contributed by atoms with van der Waals surface area (Å²) in [6.45, 7) is 4.38. The molecule has 1 rings (SSSR count). The summed E-state index contributed by atoms with van der Waals surface area (Å²) in [5, 5.41) is 4.21. The second-order valence-electron chi connectivity index (χ2n) is 2.88. The van der Waals surface area contributed by atoms with Crippen molar-refractivity contribution < 1.29 is 4.79 Å². The Morgan fingerprint density at radius 2 is 2.31 bits per heavy atom. The maximum absolute atomic E-state index is 10.6. The van der Waals surface area contributed by atoms with Gasteiger partial charge in [0.1, 0.15) is 0 Å². The van der Waals surface area contributed by atoms with E-state index < -0.39 is 0 Å². The average molecular weight is 176 g/mol. The number of aryl methyl sites for hydroxylation is 2. The molecule has 68 valence electrons. The lowest BCUT2D eigenvalue weighted by Gasteiger charge is -1.99. The van der Waals surface area contributed by atoms with E-state index in [0.29, 0.717) is 18.5 Å². The van der Waals surface area contributed by atoms with Gasteiger partial charge in [0.05, 0.1) is 17.8 Å². The predicted octanol–water partition coefficient (Wildman–Crippen LogP) is 1.34. The summed E-state index contributed by atoms with van der Waals surface area (Å²) in [6, 6.07) is 0. The fourth-order valence-corrected chi connectivity index (χ4v) is 1.27. The monoisotopic (exact) mass is 176 g/mol. The first-order valence-corrected chi connectivity index (χ1v) is 4.13. The summed E-state index contributed by atoms with van der Waals surface area (Å²) in [5.41, 5.74) is 2.34. The Bertz CT molecular complexity index is 358. The van der Waals surface area contributed by atoms with Crippen LogP contribution in [0.5, 0.6) is 0 Å². The summed E-state index contributed by atoms with van der Waals surface area (Å²) in [4.78, 5) is 10.6. The molecule has 1 aromatic heterocycles. The first-order chi connectivity index (χ1) is 6.20. The standard InChI is InChI=1S/C10H12N2O/c1-4-5-6-12-9(3)10(7-13)8(2)11-12/h1,7H,5-6H2,2-3H3. The van der Waals surface area contributed by atoms with E-state index in [0.717, 1.165) is 17.7 Å². The van der Waals surface area contributed by atoms with Crippen molar-refractivity contribution in [2.24, 2.45) is 0 Å². The minimum atomic E-state index is 0.639. The number of aldehydes is 1. The second-order valence-corrected chi connectivity index (χ2v) is 2.88. The van der Waals surface area contributed by atoms with Gasteiger partial charge in [-0.1, -0.05) is 0 Å². The van der Waals surface area contributed by atoms with E-state index in [-0.39, 0.29) is 0 Å². The maximum atomic E-state index is 10.6. The summed E-state index contributed by atoms with van der Waals surface area (Å²) >= 11 is 0. The molecule has 0 unspecified atom stereocenters. The first kappa shape index (κ1) is 9.53. The zero-order chi connectivity index (χ0) is 9.84. The Labute approximate surface area is 77.8 Å². The van der Waals surface area contributed by atoms with Crippen LogP contribution in [0.4, 0.5) is 0 Å². The van der Waals surface area contributed by atoms with Crippen LogP contribution in [0.2, 0.25) is 0 Å². The van der Waals surface area contributed by atoms with Crippen molar-refractivity contribution in [2.45, 2.75) is 26.8 Å². The number of nitrogens with zero attached hydrogens (tertiary/aromatic N) is 2. The van der Waals surface area contributed by atoms with Gasteiger partial charge in [-0.2, -0.15) is 5.10 Å². The molecule has 13 heavy (non-hydrogen) atoms. The molecule has 3 heteroatoms. The fourth-order valence-electron chi connectivity index (χ4n) is 1.27. The van der Waals surface area contributed by atoms with Crippen molar-refractivity contribution in [1.82, 2.24) is 9.78 Å². The molecule has 0 radical (unpaired) electrons. The molecule has 0 bridgehead atoms. The van der Waals surface area contributed by atoms with Crippen LogP contribution in [0.1, 0.15) is 28.2 Å². The van der Waals surface area contributed by atoms with Crippen molar-refractivity contribution in [1.29, 1.82) is 0 Å². The van der Waals surface area contributed by atoms with Gasteiger partial charge in [0, 0.05) is 12.1 Å². The smallest absolute Gasteiger partial charge is 0.153 e. The van der Waals surface area contributed by atoms with Crippen molar-refractivity contribution in [2.75, 3.05) is 0 Å². The molecule has 1 heterocycles. The lowest BCUT2D eigenvalue weighted by Crippen LogP contribution is -2.02. The van der Waals surface area contributed by atoms with Crippen LogP contribution in [-0.4, -0.2) is 16.1 Å². The number of carbonyl (C=O) groups is 1. The minimum Gasteiger partial charge on any atom is -0.298 e. The number of terminal acetylenes is 1. The highest BCUT2D eigenvalue weighted by Gasteiger charge is 2.08. The van der Waals surface area contributed by atoms with Crippen molar-refractivity contribution in [3.05, 3.63) is 17.0 Å². The number of aromatic nitrogens is 2. The molecule has 3 nitrogen and oxygen atoms in total.